The predicted octanol–water partition coefficient (Wildman–Crippen LogP) is 19.3. The minimum Gasteiger partial charge on any atom is -0.385 e. The number of carbonyl (C=O) groups excluding carboxylic acids is 8. The van der Waals surface area contributed by atoms with E-state index in [-0.39, 0.29) is 153 Å². The topological polar surface area (TPSA) is 437 Å². The zero-order valence-corrected chi connectivity index (χ0v) is 88.9. The molecule has 0 unspecified atom stereocenters. The maximum Gasteiger partial charge on any atom is 0.274 e. The van der Waals surface area contributed by atoms with Crippen molar-refractivity contribution in [2.75, 3.05) is 93.7 Å². The monoisotopic (exact) mass is 2120 g/mol. The van der Waals surface area contributed by atoms with Gasteiger partial charge in [0.2, 0.25) is 41.6 Å². The van der Waals surface area contributed by atoms with Crippen LogP contribution in [-0.2, 0) is 19.1 Å². The van der Waals surface area contributed by atoms with Crippen molar-refractivity contribution in [1.82, 2.24) is 105 Å². The van der Waals surface area contributed by atoms with Crippen molar-refractivity contribution in [1.29, 1.82) is 0 Å². The number of hydrogen-bond donors (Lipinski definition) is 6. The summed E-state index contributed by atoms with van der Waals surface area (Å²) in [5, 5.41) is 22.8. The number of amides is 5. The molecule has 0 radical (unpaired) electrons. The van der Waals surface area contributed by atoms with Crippen LogP contribution in [0.1, 0.15) is 234 Å². The Hall–Kier alpha value is -14.9. The lowest BCUT2D eigenvalue weighted by atomic mass is 9.94. The van der Waals surface area contributed by atoms with Crippen LogP contribution in [0.2, 0.25) is 0 Å². The minimum atomic E-state index is -0.326. The molecule has 0 saturated carbocycles. The first kappa shape index (κ1) is 108. The first-order valence-electron chi connectivity index (χ1n) is 48.3. The van der Waals surface area contributed by atoms with Crippen molar-refractivity contribution in [2.45, 2.75) is 164 Å². The highest BCUT2D eigenvalue weighted by Crippen LogP contribution is 2.37. The molecule has 0 spiro atoms. The number of likely N-dealkylation sites (tertiary alicyclic amines) is 3. The van der Waals surface area contributed by atoms with Crippen molar-refractivity contribution < 1.29 is 60.7 Å². The van der Waals surface area contributed by atoms with Crippen molar-refractivity contribution in [3.05, 3.63) is 262 Å². The Morgan fingerprint density at radius 3 is 1.10 bits per heavy atom. The highest BCUT2D eigenvalue weighted by atomic mass is 32.1. The van der Waals surface area contributed by atoms with Gasteiger partial charge in [0.1, 0.15) is 63.9 Å². The van der Waals surface area contributed by atoms with E-state index in [0.717, 1.165) is 63.1 Å². The minimum absolute atomic E-state index is 0.000603. The fourth-order valence-electron chi connectivity index (χ4n) is 16.9. The number of Topliss-reactive ketones (excluding diaryl/α,β-unsaturated/α-hetero) is 3. The second-order valence-corrected chi connectivity index (χ2v) is 42.8. The Morgan fingerprint density at radius 1 is 0.409 bits per heavy atom. The summed E-state index contributed by atoms with van der Waals surface area (Å²) in [5.41, 5.74) is 9.22. The summed E-state index contributed by atoms with van der Waals surface area (Å²) in [4.78, 5) is 178. The highest BCUT2D eigenvalue weighted by Gasteiger charge is 2.40. The summed E-state index contributed by atoms with van der Waals surface area (Å²) < 4.78 is 62.5. The van der Waals surface area contributed by atoms with Crippen molar-refractivity contribution in [3.8, 4) is 0 Å². The number of aromatic nitrogens is 16. The molecule has 0 aliphatic carbocycles. The van der Waals surface area contributed by atoms with Crippen LogP contribution in [0, 0.1) is 69.7 Å². The predicted molar refractivity (Wildman–Crippen MR) is 570 cm³/mol. The van der Waals surface area contributed by atoms with Crippen molar-refractivity contribution in [3.63, 3.8) is 0 Å². The second-order valence-electron chi connectivity index (χ2n) is 36.8. The van der Waals surface area contributed by atoms with Gasteiger partial charge in [-0.25, -0.2) is 67.4 Å². The van der Waals surface area contributed by atoms with Gasteiger partial charge >= 0.3 is 0 Å². The first-order valence-corrected chi connectivity index (χ1v) is 52.4. The van der Waals surface area contributed by atoms with Crippen LogP contribution in [0.25, 0.3) is 51.7 Å². The number of nitrogens with zero attached hydrogens (tertiary/aromatic N) is 20. The molecule has 14 heterocycles. The average molecular weight is 2120 g/mol. The van der Waals surface area contributed by atoms with Gasteiger partial charge in [-0.15, -0.1) is 56.7 Å². The quantitative estimate of drug-likeness (QED) is 0.0133. The van der Waals surface area contributed by atoms with Crippen molar-refractivity contribution in [2.24, 2.45) is 11.8 Å². The number of thiazole rings is 5. The van der Waals surface area contributed by atoms with Gasteiger partial charge in [0.25, 0.3) is 17.7 Å². The molecule has 16 aromatic rings. The molecule has 7 atom stereocenters. The molecular formula is C105H112F4N26O9S5. The summed E-state index contributed by atoms with van der Waals surface area (Å²) in [6.45, 7) is 27.2. The maximum absolute atomic E-state index is 13.6. The fourth-order valence-corrected chi connectivity index (χ4v) is 21.1. The summed E-state index contributed by atoms with van der Waals surface area (Å²) in [6, 6.07) is 38.0. The molecule has 3 saturated heterocycles. The molecule has 149 heavy (non-hydrogen) atoms. The molecule has 3 aliphatic rings. The van der Waals surface area contributed by atoms with Crippen LogP contribution in [0.5, 0.6) is 0 Å². The maximum atomic E-state index is 13.6. The van der Waals surface area contributed by atoms with Gasteiger partial charge in [0.05, 0.1) is 61.2 Å². The zero-order chi connectivity index (χ0) is 106. The molecule has 35 nitrogen and oxygen atoms in total. The molecule has 11 aromatic heterocycles. The third kappa shape index (κ3) is 27.8. The van der Waals surface area contributed by atoms with Gasteiger partial charge in [0, 0.05) is 118 Å². The molecular weight excluding hydrogens is 2010 g/mol. The van der Waals surface area contributed by atoms with Crippen LogP contribution >= 0.6 is 56.7 Å². The number of aryl methyl sites for hydroxylation is 5. The molecule has 3 aliphatic heterocycles. The van der Waals surface area contributed by atoms with Gasteiger partial charge in [0.15, 0.2) is 56.9 Å². The van der Waals surface area contributed by atoms with Gasteiger partial charge in [-0.2, -0.15) is 24.9 Å². The van der Waals surface area contributed by atoms with Gasteiger partial charge in [-0.3, -0.25) is 38.5 Å². The van der Waals surface area contributed by atoms with Crippen LogP contribution in [0.3, 0.4) is 0 Å². The van der Waals surface area contributed by atoms with Crippen LogP contribution < -0.4 is 31.9 Å². The van der Waals surface area contributed by atoms with E-state index in [1.807, 2.05) is 137 Å². The first-order chi connectivity index (χ1) is 71.3. The Bertz CT molecular complexity index is 7600. The summed E-state index contributed by atoms with van der Waals surface area (Å²) >= 11 is 6.98. The third-order valence-electron chi connectivity index (χ3n) is 24.5. The molecule has 19 rings (SSSR count). The van der Waals surface area contributed by atoms with E-state index in [1.165, 1.54) is 117 Å². The second kappa shape index (κ2) is 48.9. The molecule has 0 bridgehead atoms. The van der Waals surface area contributed by atoms with E-state index in [0.29, 0.717) is 154 Å². The number of pyridine rings is 1. The number of carbonyl (C=O) groups is 8. The van der Waals surface area contributed by atoms with Gasteiger partial charge in [-0.05, 0) is 183 Å². The Balaban J connectivity index is 0.000000139. The Kier molecular flexibility index (Phi) is 35.5. The van der Waals surface area contributed by atoms with Crippen LogP contribution in [0.4, 0.5) is 47.3 Å². The number of rotatable bonds is 31. The number of fused-ring (bicyclic) bond motifs is 5. The molecule has 774 valence electrons. The zero-order valence-electron chi connectivity index (χ0n) is 84.8. The number of halogens is 4. The number of ketones is 3. The lowest BCUT2D eigenvalue weighted by molar-refractivity contribution is -0.137. The smallest absolute Gasteiger partial charge is 0.274 e. The number of ether oxygens (including phenoxy) is 1. The lowest BCUT2D eigenvalue weighted by Gasteiger charge is -2.39. The average Bonchev–Trinajstić information content (AvgIpc) is 1.74. The molecule has 3 fully saturated rings. The van der Waals surface area contributed by atoms with E-state index in [1.54, 1.807) is 85.6 Å². The standard InChI is InChI=1S/C23H23N5OS.2C21H23FN6O2S.C21H22FN5O2S.C19H21FN4O2S/c1-14(18-10-7-11-24-13-18)12-19(29)20-21-22(26-16(3)30-21)28-23(27-20)25-15(2)17-8-5-4-6-9-17;1-11(13-6-5-7-15(22)8-13)23-21-25-16(17-18(26-21)24-12(2)31-17)20(30)28-9-14(10-28)19(29)27(3)4;1-11(14-5-4-6-15(22)9-14)23-21-26-17(18-19(27-21)25-13(3)31-18)20(30)28-8-7-16(10-28)24-12(2)29;1-11(28)7-14-9-27(10-14)20(29)17-18-19(24-13(3)30-18)26-21(25-17)23-12(2)15-5-4-6-16(22)8-15;1-11(13-6-4-7-14(20)10-13)21-19-23-16(15(25)8-5-9-26-3)17-18(24-19)22-12(2)27-17/h4-11,13-15H,12H2,1-3H3,(H,25,27,28);5-8,11,14H,9-10H2,1-4H3,(H,23,25,26);4-6,9,11,16H,7-8,10H2,1-3H3,(H,24,29)(H,23,26,27);4-6,8,12,14H,7,9-10H2,1-3H3,(H,23,25,26);4,6-7,10-11H,5,8-9H2,1-3H3,(H,21,23,24)/t14-,15+;11-;11-,16-;12-;11-/m10000/s1. The number of hydrogen-bond acceptors (Lipinski definition) is 35. The van der Waals surface area contributed by atoms with E-state index in [9.17, 15) is 55.9 Å². The fraction of sp³-hybridized carbons (Fsp3) is 0.352. The molecule has 6 N–H and O–H groups in total. The normalized spacial score (nSPS) is 14.6. The van der Waals surface area contributed by atoms with Gasteiger partial charge in [-0.1, -0.05) is 91.9 Å². The van der Waals surface area contributed by atoms with E-state index < -0.39 is 0 Å². The number of nitrogens with one attached hydrogen (secondary N) is 6. The summed E-state index contributed by atoms with van der Waals surface area (Å²) in [5.74, 6) is -0.408. The Morgan fingerprint density at radius 2 is 0.752 bits per heavy atom. The van der Waals surface area contributed by atoms with Crippen molar-refractivity contribution >= 4 is 185 Å². The van der Waals surface area contributed by atoms with Gasteiger partial charge < -0.3 is 61.0 Å². The number of benzene rings is 5. The molecule has 5 amide bonds. The lowest BCUT2D eigenvalue weighted by Crippen LogP contribution is -2.55. The Labute approximate surface area is 876 Å². The van der Waals surface area contributed by atoms with E-state index in [4.69, 9.17) is 4.74 Å². The third-order valence-corrected chi connectivity index (χ3v) is 29.4. The summed E-state index contributed by atoms with van der Waals surface area (Å²) in [6.07, 6.45) is 6.04. The molecule has 5 aromatic carbocycles. The van der Waals surface area contributed by atoms with Crippen LogP contribution in [0.15, 0.2) is 152 Å². The summed E-state index contributed by atoms with van der Waals surface area (Å²) in [7, 11) is 5.02. The van der Waals surface area contributed by atoms with Crippen LogP contribution in [-0.4, -0.2) is 219 Å². The number of anilines is 5. The largest absolute Gasteiger partial charge is 0.385 e. The molecule has 44 heteroatoms. The van der Waals surface area contributed by atoms with E-state index >= 15 is 0 Å². The van der Waals surface area contributed by atoms with E-state index in [2.05, 4.69) is 112 Å². The number of methoxy groups -OCH3 is 1. The SMILES string of the molecule is CC(=O)CC1CN(C(=O)c2nc(N[C@@H](C)c3cccc(F)c3)nc3nc(C)sc23)C1.CC(=O)N[C@H]1CCN(C(=O)c2nc(N[C@@H](C)c3cccc(F)c3)nc3nc(C)sc23)C1.COCCCC(=O)c1nc(N[C@@H](C)c2cccc(F)c2)nc2nc(C)sc12.Cc1nc2nc(N[C@@H](C)c3cccc(F)c3)nc(C(=O)N3CC(C(=O)N(C)C)C3)c2s1.Cc1nc2nc(N[C@@H](C)c3ccccc3)nc(C(=O)C[C@@H](C)c3cccnc3)c2s1. The highest BCUT2D eigenvalue weighted by molar-refractivity contribution is 7.20.